The molecule has 1 aromatic carbocycles. The van der Waals surface area contributed by atoms with Crippen molar-refractivity contribution in [1.29, 1.82) is 0 Å². The Kier molecular flexibility index (Phi) is 6.36. The minimum absolute atomic E-state index is 0.0320. The van der Waals surface area contributed by atoms with Gasteiger partial charge in [0.2, 0.25) is 11.1 Å². The van der Waals surface area contributed by atoms with Crippen LogP contribution in [-0.2, 0) is 4.79 Å². The third-order valence-corrected chi connectivity index (χ3v) is 6.13. The van der Waals surface area contributed by atoms with Crippen molar-refractivity contribution < 1.29 is 9.53 Å². The molecule has 1 amide bonds. The molecule has 0 spiro atoms. The summed E-state index contributed by atoms with van der Waals surface area (Å²) < 4.78 is 7.07. The minimum atomic E-state index is -0.292. The van der Waals surface area contributed by atoms with Crippen LogP contribution in [0, 0.1) is 12.8 Å². The van der Waals surface area contributed by atoms with Crippen LogP contribution in [0.3, 0.4) is 0 Å². The van der Waals surface area contributed by atoms with Crippen LogP contribution in [0.4, 0.5) is 0 Å². The summed E-state index contributed by atoms with van der Waals surface area (Å²) in [5, 5.41) is 15.5. The van der Waals surface area contributed by atoms with Gasteiger partial charge in [0.15, 0.2) is 0 Å². The van der Waals surface area contributed by atoms with E-state index in [4.69, 9.17) is 4.74 Å². The van der Waals surface area contributed by atoms with Gasteiger partial charge in [0.25, 0.3) is 0 Å². The monoisotopic (exact) mass is 389 g/mol. The highest BCUT2D eigenvalue weighted by molar-refractivity contribution is 8.00. The molecule has 0 unspecified atom stereocenters. The zero-order chi connectivity index (χ0) is 19.4. The van der Waals surface area contributed by atoms with Gasteiger partial charge in [-0.1, -0.05) is 37.6 Å². The molecule has 0 bridgehead atoms. The van der Waals surface area contributed by atoms with Crippen molar-refractivity contribution in [3.05, 3.63) is 23.8 Å². The summed E-state index contributed by atoms with van der Waals surface area (Å²) in [5.41, 5.74) is 1.84. The Labute approximate surface area is 164 Å². The molecule has 0 saturated heterocycles. The van der Waals surface area contributed by atoms with E-state index < -0.39 is 0 Å². The summed E-state index contributed by atoms with van der Waals surface area (Å²) in [6, 6.07) is 6.10. The maximum absolute atomic E-state index is 12.7. The average Bonchev–Trinajstić information content (AvgIpc) is 3.11. The lowest BCUT2D eigenvalue weighted by Gasteiger charge is -2.30. The highest BCUT2D eigenvalue weighted by Crippen LogP contribution is 2.29. The number of nitrogens with one attached hydrogen (secondary N) is 1. The van der Waals surface area contributed by atoms with E-state index in [-0.39, 0.29) is 17.2 Å². The van der Waals surface area contributed by atoms with Gasteiger partial charge in [-0.2, -0.15) is 4.68 Å². The summed E-state index contributed by atoms with van der Waals surface area (Å²) in [6.07, 6.45) is 4.67. The van der Waals surface area contributed by atoms with Crippen LogP contribution in [0.25, 0.3) is 5.69 Å². The van der Waals surface area contributed by atoms with E-state index in [1.807, 2.05) is 32.0 Å². The first-order chi connectivity index (χ1) is 13.0. The number of carbonyl (C=O) groups is 1. The molecule has 3 rings (SSSR count). The van der Waals surface area contributed by atoms with Gasteiger partial charge in [-0.3, -0.25) is 4.79 Å². The molecule has 146 valence electrons. The Morgan fingerprint density at radius 2 is 2.15 bits per heavy atom. The molecule has 27 heavy (non-hydrogen) atoms. The lowest BCUT2D eigenvalue weighted by Crippen LogP contribution is -2.44. The number of aromatic nitrogens is 4. The number of amides is 1. The van der Waals surface area contributed by atoms with E-state index in [0.29, 0.717) is 16.8 Å². The molecule has 1 aromatic heterocycles. The fourth-order valence-corrected chi connectivity index (χ4v) is 4.22. The van der Waals surface area contributed by atoms with Crippen LogP contribution in [0.15, 0.2) is 23.4 Å². The number of rotatable bonds is 6. The molecule has 3 atom stereocenters. The van der Waals surface area contributed by atoms with Gasteiger partial charge in [-0.25, -0.2) is 0 Å². The Morgan fingerprint density at radius 3 is 2.89 bits per heavy atom. The SMILES string of the molecule is COc1ccc(C)cc1-n1nnnc1S[C@H](C)C(=O)N[C@@H]1CCCC[C@@H]1C. The molecule has 8 heteroatoms. The second-order valence-corrected chi connectivity index (χ2v) is 8.49. The third-order valence-electron chi connectivity index (χ3n) is 5.09. The van der Waals surface area contributed by atoms with Gasteiger partial charge >= 0.3 is 0 Å². The van der Waals surface area contributed by atoms with E-state index in [0.717, 1.165) is 17.7 Å². The van der Waals surface area contributed by atoms with Crippen molar-refractivity contribution in [2.75, 3.05) is 7.11 Å². The molecule has 0 aliphatic heterocycles. The Bertz CT molecular complexity index is 794. The van der Waals surface area contributed by atoms with Crippen LogP contribution >= 0.6 is 11.8 Å². The summed E-state index contributed by atoms with van der Waals surface area (Å²) >= 11 is 1.35. The number of aryl methyl sites for hydroxylation is 1. The van der Waals surface area contributed by atoms with Gasteiger partial charge in [0, 0.05) is 6.04 Å². The second-order valence-electron chi connectivity index (χ2n) is 7.19. The van der Waals surface area contributed by atoms with E-state index in [1.54, 1.807) is 11.8 Å². The van der Waals surface area contributed by atoms with Crippen molar-refractivity contribution >= 4 is 17.7 Å². The number of methoxy groups -OCH3 is 1. The van der Waals surface area contributed by atoms with Crippen LogP contribution in [0.5, 0.6) is 5.75 Å². The molecule has 1 aliphatic rings. The summed E-state index contributed by atoms with van der Waals surface area (Å²) in [4.78, 5) is 12.7. The maximum Gasteiger partial charge on any atom is 0.233 e. The summed E-state index contributed by atoms with van der Waals surface area (Å²) in [7, 11) is 1.62. The topological polar surface area (TPSA) is 81.9 Å². The van der Waals surface area contributed by atoms with Crippen molar-refractivity contribution in [2.24, 2.45) is 5.92 Å². The fraction of sp³-hybridized carbons (Fsp3) is 0.579. The highest BCUT2D eigenvalue weighted by Gasteiger charge is 2.26. The highest BCUT2D eigenvalue weighted by atomic mass is 32.2. The first-order valence-electron chi connectivity index (χ1n) is 9.40. The van der Waals surface area contributed by atoms with Crippen molar-refractivity contribution in [2.45, 2.75) is 62.9 Å². The molecular weight excluding hydrogens is 362 g/mol. The number of thioether (sulfide) groups is 1. The van der Waals surface area contributed by atoms with Gasteiger partial charge in [0.1, 0.15) is 11.4 Å². The number of tetrazole rings is 1. The Balaban J connectivity index is 1.72. The van der Waals surface area contributed by atoms with E-state index in [1.165, 1.54) is 31.0 Å². The number of ether oxygens (including phenoxy) is 1. The van der Waals surface area contributed by atoms with Crippen LogP contribution in [0.1, 0.15) is 45.1 Å². The minimum Gasteiger partial charge on any atom is -0.494 e. The molecule has 1 saturated carbocycles. The fourth-order valence-electron chi connectivity index (χ4n) is 3.41. The van der Waals surface area contributed by atoms with Gasteiger partial charge < -0.3 is 10.1 Å². The maximum atomic E-state index is 12.7. The molecule has 1 aliphatic carbocycles. The normalized spacial score (nSPS) is 20.9. The van der Waals surface area contributed by atoms with Crippen molar-refractivity contribution in [3.63, 3.8) is 0 Å². The van der Waals surface area contributed by atoms with E-state index in [2.05, 4.69) is 27.8 Å². The van der Waals surface area contributed by atoms with Crippen LogP contribution < -0.4 is 10.1 Å². The Hall–Kier alpha value is -2.09. The Morgan fingerprint density at radius 1 is 1.37 bits per heavy atom. The lowest BCUT2D eigenvalue weighted by atomic mass is 9.86. The van der Waals surface area contributed by atoms with Gasteiger partial charge in [-0.15, -0.1) is 5.10 Å². The third kappa shape index (κ3) is 4.61. The molecule has 1 N–H and O–H groups in total. The van der Waals surface area contributed by atoms with Crippen LogP contribution in [-0.4, -0.2) is 44.5 Å². The van der Waals surface area contributed by atoms with E-state index >= 15 is 0 Å². The van der Waals surface area contributed by atoms with E-state index in [9.17, 15) is 4.79 Å². The lowest BCUT2D eigenvalue weighted by molar-refractivity contribution is -0.121. The molecule has 2 aromatic rings. The summed E-state index contributed by atoms with van der Waals surface area (Å²) in [6.45, 7) is 6.11. The molecule has 1 fully saturated rings. The predicted octanol–water partition coefficient (Wildman–Crippen LogP) is 3.15. The predicted molar refractivity (Wildman–Crippen MR) is 105 cm³/mol. The molecule has 0 radical (unpaired) electrons. The molecular formula is C19H27N5O2S. The number of nitrogens with zero attached hydrogens (tertiary/aromatic N) is 4. The van der Waals surface area contributed by atoms with Crippen molar-refractivity contribution in [1.82, 2.24) is 25.5 Å². The zero-order valence-corrected chi connectivity index (χ0v) is 17.1. The van der Waals surface area contributed by atoms with Gasteiger partial charge in [-0.05, 0) is 60.7 Å². The quantitative estimate of drug-likeness (QED) is 0.764. The standard InChI is InChI=1S/C19H27N5O2S/c1-12-9-10-17(26-4)16(11-12)24-19(21-22-23-24)27-14(3)18(25)20-15-8-6-5-7-13(15)2/h9-11,13-15H,5-8H2,1-4H3,(H,20,25)/t13-,14+,15+/m0/s1. The number of hydrogen-bond donors (Lipinski definition) is 1. The molecule has 1 heterocycles. The van der Waals surface area contributed by atoms with Crippen LogP contribution in [0.2, 0.25) is 0 Å². The smallest absolute Gasteiger partial charge is 0.233 e. The first kappa shape index (κ1) is 19.7. The average molecular weight is 390 g/mol. The molecule has 7 nitrogen and oxygen atoms in total. The number of benzene rings is 1. The number of hydrogen-bond acceptors (Lipinski definition) is 6. The largest absolute Gasteiger partial charge is 0.494 e. The number of carbonyl (C=O) groups excluding carboxylic acids is 1. The van der Waals surface area contributed by atoms with Crippen molar-refractivity contribution in [3.8, 4) is 11.4 Å². The van der Waals surface area contributed by atoms with Gasteiger partial charge in [0.05, 0.1) is 12.4 Å². The zero-order valence-electron chi connectivity index (χ0n) is 16.3. The second kappa shape index (κ2) is 8.73. The summed E-state index contributed by atoms with van der Waals surface area (Å²) in [5.74, 6) is 1.24. The first-order valence-corrected chi connectivity index (χ1v) is 10.3.